The molecule has 4 N–H and O–H groups in total. The van der Waals surface area contributed by atoms with E-state index in [1.165, 1.54) is 12.1 Å². The van der Waals surface area contributed by atoms with Gasteiger partial charge in [-0.15, -0.1) is 0 Å². The predicted molar refractivity (Wildman–Crippen MR) is 137 cm³/mol. The number of hydrogen-bond donors (Lipinski definition) is 4. The number of benzene rings is 2. The van der Waals surface area contributed by atoms with E-state index in [4.69, 9.17) is 38.2 Å². The van der Waals surface area contributed by atoms with Gasteiger partial charge in [0.2, 0.25) is 5.91 Å². The van der Waals surface area contributed by atoms with Gasteiger partial charge < -0.3 is 30.4 Å². The largest absolute Gasteiger partial charge is 0.480 e. The van der Waals surface area contributed by atoms with Gasteiger partial charge >= 0.3 is 18.0 Å². The highest BCUT2D eigenvalue weighted by Crippen LogP contribution is 2.30. The summed E-state index contributed by atoms with van der Waals surface area (Å²) < 4.78 is 5.07. The number of rotatable bonds is 11. The molecule has 0 heterocycles. The Balaban J connectivity index is 0.000000417. The second-order valence-electron chi connectivity index (χ2n) is 8.09. The van der Waals surface area contributed by atoms with E-state index in [2.05, 4.69) is 10.6 Å². The average Bonchev–Trinajstić information content (AvgIpc) is 2.83. The molecule has 0 saturated heterocycles. The van der Waals surface area contributed by atoms with Crippen LogP contribution in [0.25, 0.3) is 0 Å². The molecule has 37 heavy (non-hydrogen) atoms. The number of carbonyl (C=O) groups excluding carboxylic acids is 3. The molecule has 2 aromatic rings. The fraction of sp³-hybridized carbons (Fsp3) is 0.320. The molecule has 0 saturated carbocycles. The first-order chi connectivity index (χ1) is 17.5. The second kappa shape index (κ2) is 16.2. The lowest BCUT2D eigenvalue weighted by Gasteiger charge is -2.19. The molecule has 0 aromatic heterocycles. The molecule has 0 aliphatic carbocycles. The molecular weight excluding hydrogens is 527 g/mol. The molecule has 0 aliphatic rings. The Morgan fingerprint density at radius 3 is 2.05 bits per heavy atom. The molecule has 1 unspecified atom stereocenters. The van der Waals surface area contributed by atoms with Crippen molar-refractivity contribution >= 4 is 53.4 Å². The number of alkyl carbamates (subject to hydrolysis) is 1. The Morgan fingerprint density at radius 1 is 0.973 bits per heavy atom. The number of amides is 2. The number of aldehydes is 1. The maximum absolute atomic E-state index is 11.9. The summed E-state index contributed by atoms with van der Waals surface area (Å²) in [4.78, 5) is 55.5. The molecule has 0 spiro atoms. The minimum atomic E-state index is -1.31. The first-order valence-electron chi connectivity index (χ1n) is 11.0. The van der Waals surface area contributed by atoms with Crippen molar-refractivity contribution in [2.24, 2.45) is 5.92 Å². The van der Waals surface area contributed by atoms with Gasteiger partial charge in [-0.1, -0.05) is 73.4 Å². The van der Waals surface area contributed by atoms with E-state index in [1.54, 1.807) is 6.07 Å². The van der Waals surface area contributed by atoms with Crippen LogP contribution in [-0.4, -0.2) is 53.0 Å². The molecule has 2 atom stereocenters. The summed E-state index contributed by atoms with van der Waals surface area (Å²) in [5.74, 6) is -4.12. The number of carboxylic acid groups (broad SMARTS) is 2. The van der Waals surface area contributed by atoms with Gasteiger partial charge in [0.15, 0.2) is 0 Å². The monoisotopic (exact) mass is 554 g/mol. The molecular formula is C25H28Cl2N2O8. The molecule has 12 heteroatoms. The summed E-state index contributed by atoms with van der Waals surface area (Å²) in [6, 6.07) is 12.9. The number of nitrogens with one attached hydrogen (secondary N) is 2. The van der Waals surface area contributed by atoms with Crippen molar-refractivity contribution < 1.29 is 38.9 Å². The van der Waals surface area contributed by atoms with E-state index >= 15 is 0 Å². The summed E-state index contributed by atoms with van der Waals surface area (Å²) >= 11 is 11.5. The van der Waals surface area contributed by atoms with Gasteiger partial charge in [-0.2, -0.15) is 0 Å². The van der Waals surface area contributed by atoms with E-state index in [1.807, 2.05) is 44.2 Å². The van der Waals surface area contributed by atoms with Gasteiger partial charge in [0.25, 0.3) is 0 Å². The van der Waals surface area contributed by atoms with E-state index in [9.17, 15) is 24.0 Å². The highest BCUT2D eigenvalue weighted by molar-refractivity contribution is 6.36. The topological polar surface area (TPSA) is 159 Å². The SMILES string of the molecule is CC(C)C[C@H](NC(=O)OCc1ccccc1)C(=O)NCC(=O)O.O=CC(C(=O)O)c1c(Cl)cccc1Cl. The van der Waals surface area contributed by atoms with E-state index in [0.717, 1.165) is 5.56 Å². The lowest BCUT2D eigenvalue weighted by atomic mass is 10.0. The second-order valence-corrected chi connectivity index (χ2v) is 8.90. The van der Waals surface area contributed by atoms with Gasteiger partial charge in [0, 0.05) is 15.6 Å². The molecule has 0 aliphatic heterocycles. The molecule has 2 amide bonds. The van der Waals surface area contributed by atoms with Crippen molar-refractivity contribution in [1.29, 1.82) is 0 Å². The van der Waals surface area contributed by atoms with Crippen LogP contribution in [0, 0.1) is 5.92 Å². The molecule has 2 aromatic carbocycles. The van der Waals surface area contributed by atoms with Crippen molar-refractivity contribution in [3.8, 4) is 0 Å². The van der Waals surface area contributed by atoms with Crippen LogP contribution in [0.5, 0.6) is 0 Å². The zero-order valence-corrected chi connectivity index (χ0v) is 21.7. The summed E-state index contributed by atoms with van der Waals surface area (Å²) in [6.07, 6.45) is -0.0358. The Bertz CT molecular complexity index is 1060. The maximum atomic E-state index is 11.9. The van der Waals surface area contributed by atoms with Gasteiger partial charge in [-0.3, -0.25) is 14.4 Å². The predicted octanol–water partition coefficient (Wildman–Crippen LogP) is 3.89. The molecule has 200 valence electrons. The normalized spacial score (nSPS) is 11.8. The number of hydrogen-bond acceptors (Lipinski definition) is 6. The van der Waals surface area contributed by atoms with E-state index < -0.39 is 42.4 Å². The number of carboxylic acids is 2. The Morgan fingerprint density at radius 2 is 1.57 bits per heavy atom. The van der Waals surface area contributed by atoms with Crippen molar-refractivity contribution in [1.82, 2.24) is 10.6 Å². The van der Waals surface area contributed by atoms with Gasteiger partial charge in [0.05, 0.1) is 0 Å². The van der Waals surface area contributed by atoms with Crippen LogP contribution in [0.15, 0.2) is 48.5 Å². The Kier molecular flexibility index (Phi) is 13.7. The minimum absolute atomic E-state index is 0.0951. The third-order valence-electron chi connectivity index (χ3n) is 4.66. The average molecular weight is 555 g/mol. The summed E-state index contributed by atoms with van der Waals surface area (Å²) in [5.41, 5.74) is 0.969. The van der Waals surface area contributed by atoms with Gasteiger partial charge in [-0.05, 0) is 30.0 Å². The highest BCUT2D eigenvalue weighted by Gasteiger charge is 2.24. The first-order valence-corrected chi connectivity index (χ1v) is 11.8. The molecule has 0 bridgehead atoms. The smallest absolute Gasteiger partial charge is 0.408 e. The van der Waals surface area contributed by atoms with Crippen LogP contribution < -0.4 is 10.6 Å². The van der Waals surface area contributed by atoms with Gasteiger partial charge in [0.1, 0.15) is 31.4 Å². The number of ether oxygens (including phenoxy) is 1. The van der Waals surface area contributed by atoms with Crippen molar-refractivity contribution in [2.75, 3.05) is 6.54 Å². The summed E-state index contributed by atoms with van der Waals surface area (Å²) in [5, 5.41) is 22.4. The molecule has 10 nitrogen and oxygen atoms in total. The highest BCUT2D eigenvalue weighted by atomic mass is 35.5. The number of aliphatic carboxylic acids is 2. The standard InChI is InChI=1S/C16H22N2O5.C9H6Cl2O3/c1-11(2)8-13(15(21)17-9-14(19)20)18-16(22)23-10-12-6-4-3-5-7-12;10-6-2-1-3-7(11)8(6)5(4-12)9(13)14/h3-7,11,13H,8-10H2,1-2H3,(H,17,21)(H,18,22)(H,19,20);1-5H,(H,13,14)/t13-;/m0./s1. The Labute approximate surface area is 223 Å². The number of carbonyl (C=O) groups is 5. The van der Waals surface area contributed by atoms with Crippen molar-refractivity contribution in [3.05, 3.63) is 69.7 Å². The van der Waals surface area contributed by atoms with E-state index in [0.29, 0.717) is 12.7 Å². The van der Waals surface area contributed by atoms with Crippen molar-refractivity contribution in [2.45, 2.75) is 38.8 Å². The van der Waals surface area contributed by atoms with Crippen LogP contribution in [0.3, 0.4) is 0 Å². The van der Waals surface area contributed by atoms with Crippen LogP contribution in [0.4, 0.5) is 4.79 Å². The molecule has 0 radical (unpaired) electrons. The fourth-order valence-electron chi connectivity index (χ4n) is 2.95. The summed E-state index contributed by atoms with van der Waals surface area (Å²) in [6.45, 7) is 3.40. The quantitative estimate of drug-likeness (QED) is 0.240. The zero-order chi connectivity index (χ0) is 28.0. The fourth-order valence-corrected chi connectivity index (χ4v) is 3.59. The third-order valence-corrected chi connectivity index (χ3v) is 5.31. The summed E-state index contributed by atoms with van der Waals surface area (Å²) in [7, 11) is 0. The van der Waals surface area contributed by atoms with Crippen LogP contribution in [0.2, 0.25) is 10.0 Å². The zero-order valence-electron chi connectivity index (χ0n) is 20.1. The Hall–Kier alpha value is -3.63. The van der Waals surface area contributed by atoms with Crippen LogP contribution in [0.1, 0.15) is 37.3 Å². The first kappa shape index (κ1) is 31.4. The number of halogens is 2. The molecule has 2 rings (SSSR count). The lowest BCUT2D eigenvalue weighted by Crippen LogP contribution is -2.48. The maximum Gasteiger partial charge on any atom is 0.408 e. The molecule has 0 fully saturated rings. The minimum Gasteiger partial charge on any atom is -0.480 e. The van der Waals surface area contributed by atoms with Crippen molar-refractivity contribution in [3.63, 3.8) is 0 Å². The van der Waals surface area contributed by atoms with Crippen LogP contribution >= 0.6 is 23.2 Å². The third kappa shape index (κ3) is 11.8. The van der Waals surface area contributed by atoms with Crippen LogP contribution in [-0.2, 0) is 30.5 Å². The van der Waals surface area contributed by atoms with Gasteiger partial charge in [-0.25, -0.2) is 4.79 Å². The lowest BCUT2D eigenvalue weighted by molar-refractivity contribution is -0.140. The van der Waals surface area contributed by atoms with E-state index in [-0.39, 0.29) is 28.1 Å².